The molecule has 2 aromatic carbocycles. The summed E-state index contributed by atoms with van der Waals surface area (Å²) in [7, 11) is -2.06. The van der Waals surface area contributed by atoms with E-state index in [4.69, 9.17) is 30.6 Å². The molecule has 6 rings (SSSR count). The Hall–Kier alpha value is -2.75. The highest BCUT2D eigenvalue weighted by Crippen LogP contribution is 2.39. The fourth-order valence-corrected chi connectivity index (χ4v) is 7.44. The largest absolute Gasteiger partial charge is 0.414 e. The van der Waals surface area contributed by atoms with Gasteiger partial charge < -0.3 is 18.5 Å². The Labute approximate surface area is 272 Å². The zero-order chi connectivity index (χ0) is 31.8. The van der Waals surface area contributed by atoms with E-state index in [0.717, 1.165) is 85.2 Å². The van der Waals surface area contributed by atoms with Crippen LogP contribution in [0.5, 0.6) is 0 Å². The second-order valence-corrected chi connectivity index (χ2v) is 19.3. The van der Waals surface area contributed by atoms with E-state index in [9.17, 15) is 4.79 Å². The molecule has 1 unspecified atom stereocenters. The molecular formula is C36H46ClN3O4Si. The maximum atomic E-state index is 13.9. The van der Waals surface area contributed by atoms with Crippen molar-refractivity contribution in [3.63, 3.8) is 0 Å². The molecule has 0 radical (unpaired) electrons. The normalized spacial score (nSPS) is 19.2. The number of hydrogen-bond donors (Lipinski definition) is 0. The number of rotatable bonds is 8. The van der Waals surface area contributed by atoms with Gasteiger partial charge in [0.1, 0.15) is 0 Å². The Morgan fingerprint density at radius 2 is 1.78 bits per heavy atom. The molecule has 2 fully saturated rings. The zero-order valence-corrected chi connectivity index (χ0v) is 29.0. The number of nitrogens with zero attached hydrogens (tertiary/aromatic N) is 3. The van der Waals surface area contributed by atoms with Gasteiger partial charge in [-0.05, 0) is 97.3 Å². The maximum Gasteiger partial charge on any atom is 0.251 e. The van der Waals surface area contributed by atoms with E-state index in [0.29, 0.717) is 17.5 Å². The Balaban J connectivity index is 1.37. The lowest BCUT2D eigenvalue weighted by molar-refractivity contribution is -0.0370. The summed E-state index contributed by atoms with van der Waals surface area (Å²) < 4.78 is 22.4. The van der Waals surface area contributed by atoms with E-state index in [-0.39, 0.29) is 22.9 Å². The van der Waals surface area contributed by atoms with E-state index in [1.807, 2.05) is 36.5 Å². The van der Waals surface area contributed by atoms with Crippen molar-refractivity contribution in [1.82, 2.24) is 14.3 Å². The van der Waals surface area contributed by atoms with Gasteiger partial charge in [-0.15, -0.1) is 0 Å². The van der Waals surface area contributed by atoms with Crippen LogP contribution in [0.1, 0.15) is 82.3 Å². The summed E-state index contributed by atoms with van der Waals surface area (Å²) in [5, 5.41) is 7.01. The van der Waals surface area contributed by atoms with Gasteiger partial charge in [-0.1, -0.05) is 50.6 Å². The molecule has 2 aliphatic rings. The first kappa shape index (κ1) is 32.2. The molecule has 0 saturated carbocycles. The summed E-state index contributed by atoms with van der Waals surface area (Å²) >= 11 is 6.41. The molecule has 4 aromatic rings. The van der Waals surface area contributed by atoms with Crippen LogP contribution >= 0.6 is 11.6 Å². The molecule has 0 N–H and O–H groups in total. The second-order valence-electron chi connectivity index (χ2n) is 14.1. The Kier molecular flexibility index (Phi) is 9.42. The first-order valence-electron chi connectivity index (χ1n) is 16.4. The highest BCUT2D eigenvalue weighted by Gasteiger charge is 2.38. The van der Waals surface area contributed by atoms with Gasteiger partial charge in [0.05, 0.1) is 23.9 Å². The van der Waals surface area contributed by atoms with Gasteiger partial charge in [0, 0.05) is 48.4 Å². The summed E-state index contributed by atoms with van der Waals surface area (Å²) in [6.45, 7) is 13.8. The van der Waals surface area contributed by atoms with Crippen LogP contribution in [0.15, 0.2) is 65.6 Å². The average molecular weight is 648 g/mol. The second kappa shape index (κ2) is 13.2. The Morgan fingerprint density at radius 1 is 1.00 bits per heavy atom. The third-order valence-electron chi connectivity index (χ3n) is 10.0. The van der Waals surface area contributed by atoms with E-state index in [1.165, 1.54) is 0 Å². The molecule has 2 atom stereocenters. The van der Waals surface area contributed by atoms with Gasteiger partial charge in [-0.2, -0.15) is 5.10 Å². The topological polar surface area (TPSA) is 67.5 Å². The number of benzene rings is 2. The van der Waals surface area contributed by atoms with Gasteiger partial charge in [0.25, 0.3) is 5.56 Å². The van der Waals surface area contributed by atoms with Gasteiger partial charge in [0.2, 0.25) is 0 Å². The molecule has 240 valence electrons. The van der Waals surface area contributed by atoms with Crippen LogP contribution in [0.25, 0.3) is 22.0 Å². The summed E-state index contributed by atoms with van der Waals surface area (Å²) in [5.41, 5.74) is 4.96. The van der Waals surface area contributed by atoms with Crippen LogP contribution in [-0.2, 0) is 13.9 Å². The first-order valence-corrected chi connectivity index (χ1v) is 19.6. The van der Waals surface area contributed by atoms with Crippen LogP contribution in [0.2, 0.25) is 23.2 Å². The van der Waals surface area contributed by atoms with Crippen molar-refractivity contribution in [2.24, 2.45) is 0 Å². The predicted molar refractivity (Wildman–Crippen MR) is 184 cm³/mol. The monoisotopic (exact) mass is 647 g/mol. The average Bonchev–Trinajstić information content (AvgIpc) is 3.41. The van der Waals surface area contributed by atoms with Crippen LogP contribution in [-0.4, -0.2) is 49.1 Å². The third-order valence-corrected chi connectivity index (χ3v) is 14.8. The standard InChI is InChI=1S/C36H46ClN3O4Si/c1-36(2,3)45(4,5)44-24-32(28-9-8-10-29(37)21-28)39-17-14-27(23-33(39)41)26-12-13-31-30(22-26)35(25-15-19-42-20-16-25)38-40(31)34-11-6-7-18-43-34/h8-10,12-14,17,21-23,25,32,34H,6-7,11,15-16,18-20,24H2,1-5H3/t32-,34?/m1/s1. The van der Waals surface area contributed by atoms with Gasteiger partial charge >= 0.3 is 0 Å². The number of aromatic nitrogens is 3. The lowest BCUT2D eigenvalue weighted by Gasteiger charge is -2.37. The summed E-state index contributed by atoms with van der Waals surface area (Å²) in [5.74, 6) is 0.341. The number of pyridine rings is 1. The summed E-state index contributed by atoms with van der Waals surface area (Å²) in [6.07, 6.45) is 6.99. The quantitative estimate of drug-likeness (QED) is 0.179. The number of halogens is 1. The molecule has 0 bridgehead atoms. The van der Waals surface area contributed by atoms with Crippen LogP contribution < -0.4 is 5.56 Å². The number of fused-ring (bicyclic) bond motifs is 1. The van der Waals surface area contributed by atoms with Crippen LogP contribution in [0.4, 0.5) is 0 Å². The highest BCUT2D eigenvalue weighted by molar-refractivity contribution is 6.74. The molecule has 0 aliphatic carbocycles. The zero-order valence-electron chi connectivity index (χ0n) is 27.2. The van der Waals surface area contributed by atoms with Crippen molar-refractivity contribution in [2.45, 2.75) is 89.2 Å². The van der Waals surface area contributed by atoms with Crippen LogP contribution in [0.3, 0.4) is 0 Å². The van der Waals surface area contributed by atoms with Crippen molar-refractivity contribution in [3.8, 4) is 11.1 Å². The molecule has 2 aliphatic heterocycles. The molecule has 2 aromatic heterocycles. The SMILES string of the molecule is CC(C)(C)[Si](C)(C)OC[C@H](c1cccc(Cl)c1)n1ccc(-c2ccc3c(c2)c(C2CCOCC2)nn3C2CCCCO2)cc1=O. The molecular weight excluding hydrogens is 602 g/mol. The molecule has 45 heavy (non-hydrogen) atoms. The minimum Gasteiger partial charge on any atom is -0.414 e. The third kappa shape index (κ3) is 6.86. The lowest BCUT2D eigenvalue weighted by atomic mass is 9.93. The van der Waals surface area contributed by atoms with Gasteiger partial charge in [0.15, 0.2) is 14.5 Å². The minimum atomic E-state index is -2.06. The molecule has 2 saturated heterocycles. The minimum absolute atomic E-state index is 0.0402. The Morgan fingerprint density at radius 3 is 2.47 bits per heavy atom. The molecule has 4 heterocycles. The Bertz CT molecular complexity index is 1700. The van der Waals surface area contributed by atoms with E-state index in [2.05, 4.69) is 56.7 Å². The van der Waals surface area contributed by atoms with Gasteiger partial charge in [-0.3, -0.25) is 4.79 Å². The van der Waals surface area contributed by atoms with E-state index < -0.39 is 8.32 Å². The fraction of sp³-hybridized carbons (Fsp3) is 0.500. The summed E-state index contributed by atoms with van der Waals surface area (Å²) in [6, 6.07) is 17.7. The predicted octanol–water partition coefficient (Wildman–Crippen LogP) is 8.72. The van der Waals surface area contributed by atoms with Crippen molar-refractivity contribution >= 4 is 30.8 Å². The van der Waals surface area contributed by atoms with Crippen molar-refractivity contribution in [3.05, 3.63) is 87.4 Å². The van der Waals surface area contributed by atoms with Crippen molar-refractivity contribution in [2.75, 3.05) is 26.4 Å². The number of hydrogen-bond acceptors (Lipinski definition) is 5. The molecule has 0 amide bonds. The van der Waals surface area contributed by atoms with Crippen molar-refractivity contribution < 1.29 is 13.9 Å². The van der Waals surface area contributed by atoms with E-state index in [1.54, 1.807) is 10.6 Å². The van der Waals surface area contributed by atoms with E-state index >= 15 is 0 Å². The maximum absolute atomic E-state index is 13.9. The van der Waals surface area contributed by atoms with Gasteiger partial charge in [-0.25, -0.2) is 4.68 Å². The highest BCUT2D eigenvalue weighted by atomic mass is 35.5. The molecule has 0 spiro atoms. The van der Waals surface area contributed by atoms with Crippen molar-refractivity contribution in [1.29, 1.82) is 0 Å². The van der Waals surface area contributed by atoms with Crippen LogP contribution in [0, 0.1) is 0 Å². The fourth-order valence-electron chi connectivity index (χ4n) is 6.23. The molecule has 9 heteroatoms. The summed E-state index contributed by atoms with van der Waals surface area (Å²) in [4.78, 5) is 13.9. The molecule has 7 nitrogen and oxygen atoms in total. The lowest BCUT2D eigenvalue weighted by Crippen LogP contribution is -2.43. The first-order chi connectivity index (χ1) is 21.5. The number of ether oxygens (including phenoxy) is 2. The smallest absolute Gasteiger partial charge is 0.251 e.